The lowest BCUT2D eigenvalue weighted by Gasteiger charge is -2.04. The summed E-state index contributed by atoms with van der Waals surface area (Å²) in [6, 6.07) is 12.7. The van der Waals surface area contributed by atoms with E-state index in [1.807, 2.05) is 24.7 Å². The van der Waals surface area contributed by atoms with Gasteiger partial charge in [-0.05, 0) is 54.8 Å². The molecule has 0 unspecified atom stereocenters. The smallest absolute Gasteiger partial charge is 0.358 e. The van der Waals surface area contributed by atoms with Crippen LogP contribution in [0.1, 0.15) is 43.9 Å². The van der Waals surface area contributed by atoms with Crippen LogP contribution in [0.15, 0.2) is 53.4 Å². The molecule has 166 valence electrons. The molecule has 0 aliphatic rings. The summed E-state index contributed by atoms with van der Waals surface area (Å²) in [7, 11) is 0. The molecule has 0 atom stereocenters. The SMILES string of the molecule is Cc1cc(C)cc(Cn2cc(Br)nn2)c1.Cc1cc(C)cc(Cn2cc(C(=O)O)nn2)c1. The average molecular weight is 497 g/mol. The number of hydrogen-bond donors (Lipinski definition) is 1. The maximum absolute atomic E-state index is 10.7. The van der Waals surface area contributed by atoms with Crippen molar-refractivity contribution in [2.45, 2.75) is 40.8 Å². The molecular formula is C23H25BrN6O2. The second-order valence-electron chi connectivity index (χ2n) is 7.84. The molecule has 0 amide bonds. The zero-order valence-corrected chi connectivity index (χ0v) is 20.0. The highest BCUT2D eigenvalue weighted by atomic mass is 79.9. The second-order valence-corrected chi connectivity index (χ2v) is 8.65. The van der Waals surface area contributed by atoms with E-state index in [1.54, 1.807) is 0 Å². The summed E-state index contributed by atoms with van der Waals surface area (Å²) < 4.78 is 4.11. The number of carbonyl (C=O) groups is 1. The summed E-state index contributed by atoms with van der Waals surface area (Å²) in [6.07, 6.45) is 3.30. The van der Waals surface area contributed by atoms with Crippen LogP contribution in [0, 0.1) is 27.7 Å². The van der Waals surface area contributed by atoms with Crippen molar-refractivity contribution in [1.82, 2.24) is 30.0 Å². The number of nitrogens with zero attached hydrogens (tertiary/aromatic N) is 6. The largest absolute Gasteiger partial charge is 0.476 e. The van der Waals surface area contributed by atoms with Gasteiger partial charge in [0.2, 0.25) is 0 Å². The number of halogens is 1. The highest BCUT2D eigenvalue weighted by molar-refractivity contribution is 9.10. The van der Waals surface area contributed by atoms with Gasteiger partial charge in [0, 0.05) is 0 Å². The Labute approximate surface area is 195 Å². The third-order valence-corrected chi connectivity index (χ3v) is 4.88. The summed E-state index contributed by atoms with van der Waals surface area (Å²) in [6.45, 7) is 9.56. The molecule has 2 aromatic carbocycles. The first-order chi connectivity index (χ1) is 15.2. The van der Waals surface area contributed by atoms with Gasteiger partial charge in [0.25, 0.3) is 0 Å². The van der Waals surface area contributed by atoms with Gasteiger partial charge in [-0.15, -0.1) is 10.2 Å². The van der Waals surface area contributed by atoms with E-state index in [0.717, 1.165) is 16.7 Å². The fourth-order valence-corrected chi connectivity index (χ4v) is 3.83. The van der Waals surface area contributed by atoms with Gasteiger partial charge in [0.15, 0.2) is 5.69 Å². The van der Waals surface area contributed by atoms with Crippen LogP contribution in [0.2, 0.25) is 0 Å². The van der Waals surface area contributed by atoms with Crippen molar-refractivity contribution in [2.75, 3.05) is 0 Å². The summed E-state index contributed by atoms with van der Waals surface area (Å²) in [4.78, 5) is 10.7. The Morgan fingerprint density at radius 1 is 0.781 bits per heavy atom. The predicted molar refractivity (Wildman–Crippen MR) is 125 cm³/mol. The summed E-state index contributed by atoms with van der Waals surface area (Å²) in [5, 5.41) is 24.0. The molecule has 2 heterocycles. The molecule has 0 saturated heterocycles. The topological polar surface area (TPSA) is 98.7 Å². The number of aromatic nitrogens is 6. The van der Waals surface area contributed by atoms with E-state index in [0.29, 0.717) is 6.54 Å². The number of aromatic carboxylic acids is 1. The summed E-state index contributed by atoms with van der Waals surface area (Å²) in [5.41, 5.74) is 7.23. The van der Waals surface area contributed by atoms with E-state index < -0.39 is 5.97 Å². The Hall–Kier alpha value is -3.33. The van der Waals surface area contributed by atoms with Crippen molar-refractivity contribution in [1.29, 1.82) is 0 Å². The molecule has 2 aromatic heterocycles. The minimum atomic E-state index is -1.06. The normalized spacial score (nSPS) is 10.5. The zero-order valence-electron chi connectivity index (χ0n) is 18.4. The van der Waals surface area contributed by atoms with Crippen molar-refractivity contribution in [3.05, 3.63) is 92.5 Å². The molecule has 8 nitrogen and oxygen atoms in total. The van der Waals surface area contributed by atoms with E-state index in [2.05, 4.69) is 86.8 Å². The van der Waals surface area contributed by atoms with Crippen molar-refractivity contribution in [3.63, 3.8) is 0 Å². The van der Waals surface area contributed by atoms with Crippen molar-refractivity contribution < 1.29 is 9.90 Å². The van der Waals surface area contributed by atoms with Crippen LogP contribution >= 0.6 is 15.9 Å². The van der Waals surface area contributed by atoms with E-state index in [1.165, 1.54) is 38.7 Å². The van der Waals surface area contributed by atoms with Gasteiger partial charge >= 0.3 is 5.97 Å². The first kappa shape index (κ1) is 23.3. The van der Waals surface area contributed by atoms with E-state index in [4.69, 9.17) is 5.11 Å². The number of carboxylic acids is 1. The van der Waals surface area contributed by atoms with Gasteiger partial charge < -0.3 is 5.11 Å². The molecule has 0 saturated carbocycles. The van der Waals surface area contributed by atoms with Crippen LogP contribution < -0.4 is 0 Å². The number of hydrogen-bond acceptors (Lipinski definition) is 5. The van der Waals surface area contributed by atoms with Crippen LogP contribution in [-0.2, 0) is 13.1 Å². The zero-order chi connectivity index (χ0) is 23.3. The molecule has 0 aliphatic heterocycles. The lowest BCUT2D eigenvalue weighted by molar-refractivity contribution is 0.0690. The maximum Gasteiger partial charge on any atom is 0.358 e. The van der Waals surface area contributed by atoms with Gasteiger partial charge in [-0.2, -0.15) is 0 Å². The third-order valence-electron chi connectivity index (χ3n) is 4.52. The first-order valence-corrected chi connectivity index (χ1v) is 10.8. The van der Waals surface area contributed by atoms with Gasteiger partial charge in [0.1, 0.15) is 4.60 Å². The monoisotopic (exact) mass is 496 g/mol. The molecule has 0 aliphatic carbocycles. The predicted octanol–water partition coefficient (Wildman–Crippen LogP) is 4.35. The standard InChI is InChI=1S/C12H13N3O2.C11H12BrN3/c1-8-3-9(2)5-10(4-8)6-15-7-11(12(16)17)13-14-15;1-8-3-9(2)5-10(4-8)6-15-7-11(12)13-14-15/h3-5,7H,6H2,1-2H3,(H,16,17);3-5,7H,6H2,1-2H3. The van der Waals surface area contributed by atoms with Crippen LogP contribution in [0.4, 0.5) is 0 Å². The Bertz CT molecular complexity index is 1190. The molecule has 0 fully saturated rings. The van der Waals surface area contributed by atoms with Gasteiger partial charge in [-0.1, -0.05) is 69.1 Å². The fourth-order valence-electron chi connectivity index (χ4n) is 3.52. The summed E-state index contributed by atoms with van der Waals surface area (Å²) >= 11 is 3.28. The van der Waals surface area contributed by atoms with E-state index >= 15 is 0 Å². The minimum absolute atomic E-state index is 0.0330. The van der Waals surface area contributed by atoms with Crippen LogP contribution in [0.25, 0.3) is 0 Å². The molecular weight excluding hydrogens is 472 g/mol. The molecule has 4 rings (SSSR count). The third kappa shape index (κ3) is 6.84. The quantitative estimate of drug-likeness (QED) is 0.440. The Balaban J connectivity index is 0.000000182. The highest BCUT2D eigenvalue weighted by Crippen LogP contribution is 2.12. The van der Waals surface area contributed by atoms with Crippen LogP contribution in [0.3, 0.4) is 0 Å². The first-order valence-electron chi connectivity index (χ1n) is 10.0. The Morgan fingerprint density at radius 3 is 1.59 bits per heavy atom. The molecule has 32 heavy (non-hydrogen) atoms. The molecule has 0 bridgehead atoms. The van der Waals surface area contributed by atoms with Crippen LogP contribution in [0.5, 0.6) is 0 Å². The Kier molecular flexibility index (Phi) is 7.53. The van der Waals surface area contributed by atoms with Gasteiger partial charge in [-0.25, -0.2) is 14.2 Å². The highest BCUT2D eigenvalue weighted by Gasteiger charge is 2.08. The van der Waals surface area contributed by atoms with Gasteiger partial charge in [0.05, 0.1) is 25.5 Å². The van der Waals surface area contributed by atoms with Crippen molar-refractivity contribution in [3.8, 4) is 0 Å². The number of benzene rings is 2. The van der Waals surface area contributed by atoms with Crippen molar-refractivity contribution in [2.24, 2.45) is 0 Å². The van der Waals surface area contributed by atoms with Crippen LogP contribution in [-0.4, -0.2) is 41.1 Å². The molecule has 0 spiro atoms. The minimum Gasteiger partial charge on any atom is -0.476 e. The van der Waals surface area contributed by atoms with E-state index in [-0.39, 0.29) is 5.69 Å². The lowest BCUT2D eigenvalue weighted by Crippen LogP contribution is -2.01. The number of carboxylic acid groups (broad SMARTS) is 1. The van der Waals surface area contributed by atoms with Gasteiger partial charge in [-0.3, -0.25) is 0 Å². The average Bonchev–Trinajstić information content (AvgIpc) is 3.30. The fraction of sp³-hybridized carbons (Fsp3) is 0.261. The molecule has 4 aromatic rings. The lowest BCUT2D eigenvalue weighted by atomic mass is 10.1. The number of rotatable bonds is 5. The molecule has 1 N–H and O–H groups in total. The van der Waals surface area contributed by atoms with Crippen molar-refractivity contribution >= 4 is 21.9 Å². The summed E-state index contributed by atoms with van der Waals surface area (Å²) in [5.74, 6) is -1.06. The van der Waals surface area contributed by atoms with E-state index in [9.17, 15) is 4.79 Å². The molecule has 0 radical (unpaired) electrons. The second kappa shape index (κ2) is 10.3. The Morgan fingerprint density at radius 2 is 1.22 bits per heavy atom. The molecule has 9 heteroatoms. The number of aryl methyl sites for hydroxylation is 4. The maximum atomic E-state index is 10.7.